The van der Waals surface area contributed by atoms with Crippen LogP contribution in [0.15, 0.2) is 48.6 Å². The van der Waals surface area contributed by atoms with Gasteiger partial charge in [0.05, 0.1) is 0 Å². The van der Waals surface area contributed by atoms with E-state index in [0.29, 0.717) is 0 Å². The Morgan fingerprint density at radius 1 is 0.727 bits per heavy atom. The zero-order chi connectivity index (χ0) is 16.3. The van der Waals surface area contributed by atoms with E-state index in [1.165, 1.54) is 12.8 Å². The number of carboxylic acid groups (broad SMARTS) is 1. The highest BCUT2D eigenvalue weighted by Crippen LogP contribution is 2.04. The Morgan fingerprint density at radius 3 is 1.73 bits per heavy atom. The fraction of sp³-hybridized carbons (Fsp3) is 0.550. The molecule has 0 radical (unpaired) electrons. The summed E-state index contributed by atoms with van der Waals surface area (Å²) in [5.74, 6) is -0.701. The van der Waals surface area contributed by atoms with E-state index < -0.39 is 5.97 Å². The highest BCUT2D eigenvalue weighted by atomic mass is 16.4. The standard InChI is InChI=1S/C20H32O2/c1-2-3-4-5-6-7-8-9-10-11-12-13-14-15-16-17-18-19-20(21)22/h3-4,6-7,9-10,15-16H,2,5,8,11-14,17-19H2,1H3,(H,21,22)/b4-3+,7-6+,10-9+,16-15+. The van der Waals surface area contributed by atoms with Gasteiger partial charge in [0, 0.05) is 6.42 Å². The predicted molar refractivity (Wildman–Crippen MR) is 96.0 cm³/mol. The predicted octanol–water partition coefficient (Wildman–Crippen LogP) is 6.22. The molecule has 0 aromatic carbocycles. The molecule has 0 saturated heterocycles. The van der Waals surface area contributed by atoms with Gasteiger partial charge in [-0.15, -0.1) is 0 Å². The first-order valence-corrected chi connectivity index (χ1v) is 8.59. The molecule has 0 aliphatic carbocycles. The molecular weight excluding hydrogens is 272 g/mol. The molecule has 0 aromatic heterocycles. The number of allylic oxidation sites excluding steroid dienone is 8. The number of rotatable bonds is 14. The lowest BCUT2D eigenvalue weighted by atomic mass is 10.1. The Hall–Kier alpha value is -1.57. The van der Waals surface area contributed by atoms with Crippen molar-refractivity contribution in [3.05, 3.63) is 48.6 Å². The molecule has 0 bridgehead atoms. The molecule has 0 heterocycles. The van der Waals surface area contributed by atoms with Crippen molar-refractivity contribution in [2.24, 2.45) is 0 Å². The van der Waals surface area contributed by atoms with Crippen LogP contribution in [0, 0.1) is 0 Å². The van der Waals surface area contributed by atoms with E-state index in [0.717, 1.165) is 44.9 Å². The molecule has 0 amide bonds. The lowest BCUT2D eigenvalue weighted by Gasteiger charge is -1.94. The second-order valence-corrected chi connectivity index (χ2v) is 5.34. The fourth-order valence-corrected chi connectivity index (χ4v) is 1.96. The number of carbonyl (C=O) groups is 1. The van der Waals surface area contributed by atoms with Crippen molar-refractivity contribution in [2.45, 2.75) is 71.1 Å². The average molecular weight is 304 g/mol. The van der Waals surface area contributed by atoms with Crippen LogP contribution in [0.25, 0.3) is 0 Å². The molecule has 1 N–H and O–H groups in total. The summed E-state index contributed by atoms with van der Waals surface area (Å²) in [6.07, 6.45) is 27.4. The molecule has 0 spiro atoms. The monoisotopic (exact) mass is 304 g/mol. The minimum Gasteiger partial charge on any atom is -0.481 e. The van der Waals surface area contributed by atoms with Gasteiger partial charge in [-0.3, -0.25) is 4.79 Å². The van der Waals surface area contributed by atoms with Gasteiger partial charge < -0.3 is 5.11 Å². The van der Waals surface area contributed by atoms with Gasteiger partial charge >= 0.3 is 5.97 Å². The first kappa shape index (κ1) is 20.4. The van der Waals surface area contributed by atoms with Crippen LogP contribution in [0.1, 0.15) is 71.1 Å². The summed E-state index contributed by atoms with van der Waals surface area (Å²) in [4.78, 5) is 10.3. The summed E-state index contributed by atoms with van der Waals surface area (Å²) in [7, 11) is 0. The largest absolute Gasteiger partial charge is 0.481 e. The molecule has 2 nitrogen and oxygen atoms in total. The molecule has 0 unspecified atom stereocenters. The third kappa shape index (κ3) is 18.4. The molecule has 22 heavy (non-hydrogen) atoms. The molecule has 0 aliphatic heterocycles. The van der Waals surface area contributed by atoms with Gasteiger partial charge in [-0.1, -0.05) is 55.5 Å². The first-order valence-electron chi connectivity index (χ1n) is 8.59. The van der Waals surface area contributed by atoms with Crippen LogP contribution in [0.5, 0.6) is 0 Å². The number of hydrogen-bond acceptors (Lipinski definition) is 1. The van der Waals surface area contributed by atoms with E-state index in [9.17, 15) is 4.79 Å². The van der Waals surface area contributed by atoms with E-state index in [1.807, 2.05) is 0 Å². The third-order valence-electron chi connectivity index (χ3n) is 3.20. The topological polar surface area (TPSA) is 37.3 Å². The Kier molecular flexibility index (Phi) is 16.2. The minimum atomic E-state index is -0.701. The molecular formula is C20H32O2. The summed E-state index contributed by atoms with van der Waals surface area (Å²) >= 11 is 0. The lowest BCUT2D eigenvalue weighted by Crippen LogP contribution is -1.92. The van der Waals surface area contributed by atoms with Gasteiger partial charge in [-0.25, -0.2) is 0 Å². The van der Waals surface area contributed by atoms with Gasteiger partial charge in [-0.05, 0) is 57.8 Å². The van der Waals surface area contributed by atoms with Crippen molar-refractivity contribution in [2.75, 3.05) is 0 Å². The zero-order valence-electron chi connectivity index (χ0n) is 14.0. The van der Waals surface area contributed by atoms with Crippen molar-refractivity contribution in [1.29, 1.82) is 0 Å². The van der Waals surface area contributed by atoms with Crippen molar-refractivity contribution >= 4 is 5.97 Å². The molecule has 0 aliphatic rings. The van der Waals surface area contributed by atoms with Gasteiger partial charge in [0.1, 0.15) is 0 Å². The molecule has 0 aromatic rings. The Morgan fingerprint density at radius 2 is 1.18 bits per heavy atom. The SMILES string of the molecule is CC/C=C/C/C=C/C/C=C/CCCC/C=C/CCCC(=O)O. The van der Waals surface area contributed by atoms with Crippen molar-refractivity contribution in [1.82, 2.24) is 0 Å². The van der Waals surface area contributed by atoms with E-state index in [1.54, 1.807) is 0 Å². The van der Waals surface area contributed by atoms with Gasteiger partial charge in [-0.2, -0.15) is 0 Å². The van der Waals surface area contributed by atoms with E-state index in [4.69, 9.17) is 5.11 Å². The second kappa shape index (κ2) is 17.5. The second-order valence-electron chi connectivity index (χ2n) is 5.34. The maximum atomic E-state index is 10.3. The summed E-state index contributed by atoms with van der Waals surface area (Å²) in [5.41, 5.74) is 0. The van der Waals surface area contributed by atoms with Crippen molar-refractivity contribution in [3.63, 3.8) is 0 Å². The third-order valence-corrected chi connectivity index (χ3v) is 3.20. The number of hydrogen-bond donors (Lipinski definition) is 1. The maximum Gasteiger partial charge on any atom is 0.303 e. The molecule has 0 rings (SSSR count). The molecule has 124 valence electrons. The number of aliphatic carboxylic acids is 1. The van der Waals surface area contributed by atoms with Gasteiger partial charge in [0.2, 0.25) is 0 Å². The zero-order valence-corrected chi connectivity index (χ0v) is 14.0. The van der Waals surface area contributed by atoms with Gasteiger partial charge in [0.25, 0.3) is 0 Å². The number of carboxylic acids is 1. The molecule has 0 fully saturated rings. The van der Waals surface area contributed by atoms with E-state index in [-0.39, 0.29) is 6.42 Å². The average Bonchev–Trinajstić information content (AvgIpc) is 2.50. The van der Waals surface area contributed by atoms with Crippen molar-refractivity contribution < 1.29 is 9.90 Å². The quantitative estimate of drug-likeness (QED) is 0.305. The van der Waals surface area contributed by atoms with Gasteiger partial charge in [0.15, 0.2) is 0 Å². The summed E-state index contributed by atoms with van der Waals surface area (Å²) in [6.45, 7) is 2.15. The van der Waals surface area contributed by atoms with Crippen LogP contribution in [0.2, 0.25) is 0 Å². The Labute approximate surface area is 136 Å². The van der Waals surface area contributed by atoms with Crippen LogP contribution >= 0.6 is 0 Å². The molecule has 0 saturated carbocycles. The van der Waals surface area contributed by atoms with E-state index >= 15 is 0 Å². The first-order chi connectivity index (χ1) is 10.8. The summed E-state index contributed by atoms with van der Waals surface area (Å²) in [6, 6.07) is 0. The number of unbranched alkanes of at least 4 members (excludes halogenated alkanes) is 4. The van der Waals surface area contributed by atoms with Crippen LogP contribution in [0.4, 0.5) is 0 Å². The highest BCUT2D eigenvalue weighted by molar-refractivity contribution is 5.66. The maximum absolute atomic E-state index is 10.3. The van der Waals surface area contributed by atoms with Crippen LogP contribution in [-0.4, -0.2) is 11.1 Å². The van der Waals surface area contributed by atoms with Crippen LogP contribution in [-0.2, 0) is 4.79 Å². The van der Waals surface area contributed by atoms with E-state index in [2.05, 4.69) is 55.5 Å². The summed E-state index contributed by atoms with van der Waals surface area (Å²) < 4.78 is 0. The fourth-order valence-electron chi connectivity index (χ4n) is 1.96. The Bertz CT molecular complexity index is 362. The van der Waals surface area contributed by atoms with Crippen molar-refractivity contribution in [3.8, 4) is 0 Å². The Balaban J connectivity index is 3.31. The van der Waals surface area contributed by atoms with Crippen LogP contribution in [0.3, 0.4) is 0 Å². The molecule has 0 atom stereocenters. The molecule has 2 heteroatoms. The van der Waals surface area contributed by atoms with Crippen LogP contribution < -0.4 is 0 Å². The highest BCUT2D eigenvalue weighted by Gasteiger charge is 1.93. The lowest BCUT2D eigenvalue weighted by molar-refractivity contribution is -0.137. The normalized spacial score (nSPS) is 12.4. The summed E-state index contributed by atoms with van der Waals surface area (Å²) in [5, 5.41) is 8.50. The smallest absolute Gasteiger partial charge is 0.303 e. The minimum absolute atomic E-state index is 0.276.